The van der Waals surface area contributed by atoms with Gasteiger partial charge in [-0.25, -0.2) is 4.98 Å². The minimum absolute atomic E-state index is 0.448. The number of nitrogens with one attached hydrogen (secondary N) is 1. The molecule has 0 unspecified atom stereocenters. The second kappa shape index (κ2) is 8.20. The van der Waals surface area contributed by atoms with Crippen LogP contribution in [0.15, 0.2) is 24.3 Å². The lowest BCUT2D eigenvalue weighted by Gasteiger charge is -2.10. The predicted molar refractivity (Wildman–Crippen MR) is 91.7 cm³/mol. The van der Waals surface area contributed by atoms with Crippen molar-refractivity contribution in [2.75, 3.05) is 19.5 Å². The van der Waals surface area contributed by atoms with Gasteiger partial charge in [0.15, 0.2) is 0 Å². The summed E-state index contributed by atoms with van der Waals surface area (Å²) in [5.41, 5.74) is 3.13. The second-order valence-electron chi connectivity index (χ2n) is 5.34. The average molecular weight is 322 g/mol. The largest absolute Gasteiger partial charge is 0.388 e. The zero-order chi connectivity index (χ0) is 15.9. The van der Waals surface area contributed by atoms with Crippen molar-refractivity contribution in [1.82, 2.24) is 9.55 Å². The quantitative estimate of drug-likeness (QED) is 0.795. The van der Waals surface area contributed by atoms with E-state index >= 15 is 0 Å². The van der Waals surface area contributed by atoms with E-state index in [-0.39, 0.29) is 0 Å². The number of methoxy groups -OCH3 is 1. The van der Waals surface area contributed by atoms with Crippen LogP contribution >= 0.6 is 11.6 Å². The van der Waals surface area contributed by atoms with Gasteiger partial charge >= 0.3 is 0 Å². The van der Waals surface area contributed by atoms with Crippen LogP contribution in [0.2, 0.25) is 5.15 Å². The second-order valence-corrected chi connectivity index (χ2v) is 5.69. The summed E-state index contributed by atoms with van der Waals surface area (Å²) in [4.78, 5) is 4.66. The molecule has 2 rings (SSSR count). The molecule has 5 heteroatoms. The fraction of sp³-hybridized carbons (Fsp3) is 0.471. The normalized spacial score (nSPS) is 10.9. The van der Waals surface area contributed by atoms with Crippen molar-refractivity contribution in [3.05, 3.63) is 46.5 Å². The smallest absolute Gasteiger partial charge is 0.134 e. The zero-order valence-corrected chi connectivity index (χ0v) is 14.3. The Balaban J connectivity index is 2.25. The van der Waals surface area contributed by atoms with Crippen LogP contribution in [-0.2, 0) is 24.3 Å². The lowest BCUT2D eigenvalue weighted by Crippen LogP contribution is -2.06. The molecule has 1 aromatic heterocycles. The van der Waals surface area contributed by atoms with Gasteiger partial charge in [0.2, 0.25) is 0 Å². The summed E-state index contributed by atoms with van der Waals surface area (Å²) >= 11 is 6.50. The summed E-state index contributed by atoms with van der Waals surface area (Å²) in [7, 11) is 3.58. The topological polar surface area (TPSA) is 39.1 Å². The van der Waals surface area contributed by atoms with Crippen LogP contribution in [-0.4, -0.2) is 23.7 Å². The molecule has 0 spiro atoms. The Morgan fingerprint density at radius 3 is 2.59 bits per heavy atom. The molecule has 0 bridgehead atoms. The van der Waals surface area contributed by atoms with Gasteiger partial charge in [-0.1, -0.05) is 37.1 Å². The Bertz CT molecular complexity index is 593. The number of aromatic nitrogens is 2. The van der Waals surface area contributed by atoms with Crippen molar-refractivity contribution < 1.29 is 4.74 Å². The van der Waals surface area contributed by atoms with Crippen LogP contribution in [0, 0.1) is 0 Å². The molecule has 0 aliphatic heterocycles. The molecular formula is C17H24ClN3O. The number of benzene rings is 1. The molecule has 120 valence electrons. The van der Waals surface area contributed by atoms with Crippen molar-refractivity contribution in [2.45, 2.75) is 39.3 Å². The molecule has 0 amide bonds. The molecule has 4 nitrogen and oxygen atoms in total. The summed E-state index contributed by atoms with van der Waals surface area (Å²) in [6.07, 6.45) is 3.19. The standard InChI is InChI=1S/C17H24ClN3O/c1-4-5-6-16-20-15(12-22-3)17(18)21(16)11-13-7-9-14(19-2)10-8-13/h7-10,19H,4-6,11-12H2,1-3H3. The van der Waals surface area contributed by atoms with Gasteiger partial charge in [-0.3, -0.25) is 0 Å². The van der Waals surface area contributed by atoms with Gasteiger partial charge in [0.1, 0.15) is 16.7 Å². The van der Waals surface area contributed by atoms with E-state index in [0.29, 0.717) is 11.8 Å². The first-order valence-electron chi connectivity index (χ1n) is 7.69. The molecule has 22 heavy (non-hydrogen) atoms. The Morgan fingerprint density at radius 1 is 1.27 bits per heavy atom. The van der Waals surface area contributed by atoms with Crippen LogP contribution in [0.1, 0.15) is 36.8 Å². The number of unbranched alkanes of at least 4 members (excludes halogenated alkanes) is 1. The van der Waals surface area contributed by atoms with Crippen LogP contribution in [0.5, 0.6) is 0 Å². The minimum Gasteiger partial charge on any atom is -0.388 e. The van der Waals surface area contributed by atoms with Gasteiger partial charge in [0, 0.05) is 26.3 Å². The number of anilines is 1. The van der Waals surface area contributed by atoms with Crippen molar-refractivity contribution >= 4 is 17.3 Å². The molecule has 1 heterocycles. The summed E-state index contributed by atoms with van der Waals surface area (Å²) in [6.45, 7) is 3.36. The fourth-order valence-electron chi connectivity index (χ4n) is 2.41. The number of aryl methyl sites for hydroxylation is 1. The highest BCUT2D eigenvalue weighted by Crippen LogP contribution is 2.22. The first kappa shape index (κ1) is 16.8. The van der Waals surface area contributed by atoms with E-state index in [1.165, 1.54) is 5.56 Å². The van der Waals surface area contributed by atoms with E-state index in [4.69, 9.17) is 16.3 Å². The number of rotatable bonds is 8. The van der Waals surface area contributed by atoms with E-state index in [1.54, 1.807) is 7.11 Å². The van der Waals surface area contributed by atoms with Crippen molar-refractivity contribution in [3.8, 4) is 0 Å². The molecule has 2 aromatic rings. The molecule has 0 atom stereocenters. The number of nitrogens with zero attached hydrogens (tertiary/aromatic N) is 2. The maximum atomic E-state index is 6.50. The predicted octanol–water partition coefficient (Wildman–Crippen LogP) is 4.12. The molecule has 1 aromatic carbocycles. The van der Waals surface area contributed by atoms with Crippen molar-refractivity contribution in [2.24, 2.45) is 0 Å². The van der Waals surface area contributed by atoms with E-state index in [0.717, 1.165) is 43.0 Å². The van der Waals surface area contributed by atoms with Gasteiger partial charge in [-0.15, -0.1) is 0 Å². The molecule has 0 aliphatic rings. The average Bonchev–Trinajstić information content (AvgIpc) is 2.83. The molecule has 1 N–H and O–H groups in total. The van der Waals surface area contributed by atoms with Gasteiger partial charge < -0.3 is 14.6 Å². The Morgan fingerprint density at radius 2 is 2.00 bits per heavy atom. The van der Waals surface area contributed by atoms with Crippen LogP contribution < -0.4 is 5.32 Å². The van der Waals surface area contributed by atoms with E-state index < -0.39 is 0 Å². The maximum absolute atomic E-state index is 6.50. The van der Waals surface area contributed by atoms with Gasteiger partial charge in [0.25, 0.3) is 0 Å². The van der Waals surface area contributed by atoms with Crippen molar-refractivity contribution in [3.63, 3.8) is 0 Å². The summed E-state index contributed by atoms with van der Waals surface area (Å²) < 4.78 is 7.29. The van der Waals surface area contributed by atoms with Gasteiger partial charge in [0.05, 0.1) is 13.2 Å². The summed E-state index contributed by atoms with van der Waals surface area (Å²) in [6, 6.07) is 8.37. The van der Waals surface area contributed by atoms with Crippen LogP contribution in [0.4, 0.5) is 5.69 Å². The SMILES string of the molecule is CCCCc1nc(COC)c(Cl)n1Cc1ccc(NC)cc1. The number of ether oxygens (including phenoxy) is 1. The summed E-state index contributed by atoms with van der Waals surface area (Å²) in [5.74, 6) is 1.04. The summed E-state index contributed by atoms with van der Waals surface area (Å²) in [5, 5.41) is 3.81. The molecule has 0 saturated carbocycles. The Kier molecular flexibility index (Phi) is 6.28. The monoisotopic (exact) mass is 321 g/mol. The van der Waals surface area contributed by atoms with Gasteiger partial charge in [-0.05, 0) is 24.1 Å². The van der Waals surface area contributed by atoms with Crippen LogP contribution in [0.3, 0.4) is 0 Å². The Hall–Kier alpha value is -1.52. The third-order valence-electron chi connectivity index (χ3n) is 3.67. The third kappa shape index (κ3) is 4.02. The Labute approximate surface area is 137 Å². The van der Waals surface area contributed by atoms with E-state index in [9.17, 15) is 0 Å². The first-order chi connectivity index (χ1) is 10.7. The maximum Gasteiger partial charge on any atom is 0.134 e. The van der Waals surface area contributed by atoms with Crippen molar-refractivity contribution in [1.29, 1.82) is 0 Å². The number of halogens is 1. The molecule has 0 radical (unpaired) electrons. The van der Waals surface area contributed by atoms with E-state index in [1.807, 2.05) is 7.05 Å². The fourth-order valence-corrected chi connectivity index (χ4v) is 2.66. The van der Waals surface area contributed by atoms with Crippen LogP contribution in [0.25, 0.3) is 0 Å². The van der Waals surface area contributed by atoms with E-state index in [2.05, 4.69) is 46.1 Å². The first-order valence-corrected chi connectivity index (χ1v) is 8.06. The highest BCUT2D eigenvalue weighted by Gasteiger charge is 2.15. The molecule has 0 aliphatic carbocycles. The lowest BCUT2D eigenvalue weighted by molar-refractivity contribution is 0.182. The molecule has 0 saturated heterocycles. The molecular weight excluding hydrogens is 298 g/mol. The minimum atomic E-state index is 0.448. The number of imidazole rings is 1. The zero-order valence-electron chi connectivity index (χ0n) is 13.5. The molecule has 0 fully saturated rings. The highest BCUT2D eigenvalue weighted by molar-refractivity contribution is 6.30. The number of hydrogen-bond acceptors (Lipinski definition) is 3. The van der Waals surface area contributed by atoms with Gasteiger partial charge in [-0.2, -0.15) is 0 Å². The lowest BCUT2D eigenvalue weighted by atomic mass is 10.2. The number of hydrogen-bond donors (Lipinski definition) is 1. The third-order valence-corrected chi connectivity index (χ3v) is 4.09. The highest BCUT2D eigenvalue weighted by atomic mass is 35.5.